The summed E-state index contributed by atoms with van der Waals surface area (Å²) in [6, 6.07) is 8.14. The summed E-state index contributed by atoms with van der Waals surface area (Å²) in [5.74, 6) is 0. The molecular formula is C16H24NO3P. The van der Waals surface area contributed by atoms with E-state index in [0.717, 1.165) is 11.4 Å². The van der Waals surface area contributed by atoms with Crippen molar-refractivity contribution in [1.29, 1.82) is 0 Å². The molecule has 1 aliphatic rings. The van der Waals surface area contributed by atoms with Gasteiger partial charge in [0.15, 0.2) is 0 Å². The van der Waals surface area contributed by atoms with Gasteiger partial charge in [-0.3, -0.25) is 9.56 Å². The van der Waals surface area contributed by atoms with Crippen molar-refractivity contribution in [2.24, 2.45) is 4.99 Å². The van der Waals surface area contributed by atoms with Crippen LogP contribution in [0.2, 0.25) is 0 Å². The molecule has 1 atom stereocenters. The predicted octanol–water partition coefficient (Wildman–Crippen LogP) is 4.71. The molecule has 0 saturated heterocycles. The third-order valence-corrected chi connectivity index (χ3v) is 6.20. The van der Waals surface area contributed by atoms with Gasteiger partial charge in [0, 0.05) is 11.1 Å². The highest BCUT2D eigenvalue weighted by Crippen LogP contribution is 2.52. The Kier molecular flexibility index (Phi) is 5.03. The SMILES string of the molecule is CCOP(=O)(CCC1(C)C(C)=Nc2ccccc21)OCC. The minimum absolute atomic E-state index is 0.194. The van der Waals surface area contributed by atoms with E-state index in [1.165, 1.54) is 5.56 Å². The number of aliphatic imine (C=N–C) groups is 1. The van der Waals surface area contributed by atoms with Crippen molar-refractivity contribution in [1.82, 2.24) is 0 Å². The summed E-state index contributed by atoms with van der Waals surface area (Å²) in [4.78, 5) is 4.64. The van der Waals surface area contributed by atoms with E-state index in [4.69, 9.17) is 9.05 Å². The summed E-state index contributed by atoms with van der Waals surface area (Å²) in [6.07, 6.45) is 1.11. The maximum atomic E-state index is 12.6. The van der Waals surface area contributed by atoms with Crippen molar-refractivity contribution in [2.45, 2.75) is 39.5 Å². The molecule has 0 radical (unpaired) electrons. The second kappa shape index (κ2) is 6.43. The van der Waals surface area contributed by atoms with Crippen LogP contribution in [-0.4, -0.2) is 25.1 Å². The summed E-state index contributed by atoms with van der Waals surface area (Å²) in [6.45, 7) is 8.66. The molecule has 0 aromatic heterocycles. The summed E-state index contributed by atoms with van der Waals surface area (Å²) < 4.78 is 23.4. The first-order valence-corrected chi connectivity index (χ1v) is 9.21. The van der Waals surface area contributed by atoms with E-state index >= 15 is 0 Å². The van der Waals surface area contributed by atoms with Crippen LogP contribution in [0, 0.1) is 0 Å². The van der Waals surface area contributed by atoms with E-state index in [1.807, 2.05) is 39.0 Å². The molecule has 0 fully saturated rings. The molecule has 1 unspecified atom stereocenters. The lowest BCUT2D eigenvalue weighted by atomic mass is 9.78. The van der Waals surface area contributed by atoms with E-state index < -0.39 is 7.60 Å². The molecule has 0 N–H and O–H groups in total. The van der Waals surface area contributed by atoms with E-state index in [1.54, 1.807) is 0 Å². The van der Waals surface area contributed by atoms with Gasteiger partial charge in [-0.25, -0.2) is 0 Å². The molecule has 0 amide bonds. The van der Waals surface area contributed by atoms with Gasteiger partial charge < -0.3 is 9.05 Å². The van der Waals surface area contributed by atoms with Gasteiger partial charge in [-0.05, 0) is 38.8 Å². The fraction of sp³-hybridized carbons (Fsp3) is 0.562. The molecule has 0 spiro atoms. The second-order valence-corrected chi connectivity index (χ2v) is 7.65. The monoisotopic (exact) mass is 309 g/mol. The molecule has 1 aliphatic heterocycles. The largest absolute Gasteiger partial charge is 0.330 e. The first kappa shape index (κ1) is 16.4. The number of hydrogen-bond donors (Lipinski definition) is 0. The summed E-state index contributed by atoms with van der Waals surface area (Å²) in [7, 11) is -3.01. The first-order chi connectivity index (χ1) is 9.95. The van der Waals surface area contributed by atoms with Crippen molar-refractivity contribution in [3.05, 3.63) is 29.8 Å². The number of benzene rings is 1. The molecule has 0 aliphatic carbocycles. The van der Waals surface area contributed by atoms with Gasteiger partial charge >= 0.3 is 7.60 Å². The summed E-state index contributed by atoms with van der Waals surface area (Å²) in [5.41, 5.74) is 3.07. The number of rotatable bonds is 7. The standard InChI is InChI=1S/C16H24NO3P/c1-5-19-21(18,20-6-2)12-11-16(4)13(3)17-15-10-8-7-9-14(15)16/h7-10H,5-6,11-12H2,1-4H3. The Morgan fingerprint density at radius 3 is 2.43 bits per heavy atom. The van der Waals surface area contributed by atoms with Gasteiger partial charge in [0.2, 0.25) is 0 Å². The molecule has 1 heterocycles. The molecule has 2 rings (SSSR count). The van der Waals surface area contributed by atoms with E-state index in [2.05, 4.69) is 18.0 Å². The Morgan fingerprint density at radius 2 is 1.81 bits per heavy atom. The molecule has 5 heteroatoms. The van der Waals surface area contributed by atoms with Crippen molar-refractivity contribution < 1.29 is 13.6 Å². The molecule has 1 aromatic carbocycles. The predicted molar refractivity (Wildman–Crippen MR) is 86.9 cm³/mol. The van der Waals surface area contributed by atoms with Crippen molar-refractivity contribution in [3.63, 3.8) is 0 Å². The van der Waals surface area contributed by atoms with Crippen LogP contribution in [0.1, 0.15) is 39.7 Å². The lowest BCUT2D eigenvalue weighted by Gasteiger charge is -2.28. The van der Waals surface area contributed by atoms with Gasteiger partial charge in [-0.15, -0.1) is 0 Å². The van der Waals surface area contributed by atoms with Crippen LogP contribution in [0.5, 0.6) is 0 Å². The van der Waals surface area contributed by atoms with Gasteiger partial charge in [-0.1, -0.05) is 25.1 Å². The zero-order valence-corrected chi connectivity index (χ0v) is 14.2. The Hall–Kier alpha value is -0.960. The Bertz CT molecular complexity index is 575. The molecule has 0 saturated carbocycles. The minimum atomic E-state index is -3.01. The fourth-order valence-electron chi connectivity index (χ4n) is 2.77. The Morgan fingerprint density at radius 1 is 1.19 bits per heavy atom. The molecular weight excluding hydrogens is 285 g/mol. The zero-order valence-electron chi connectivity index (χ0n) is 13.3. The quantitative estimate of drug-likeness (QED) is 0.685. The molecule has 1 aromatic rings. The minimum Gasteiger partial charge on any atom is -0.309 e. The zero-order chi connectivity index (χ0) is 15.5. The Labute approximate surface area is 127 Å². The number of fused-ring (bicyclic) bond motifs is 1. The molecule has 4 nitrogen and oxygen atoms in total. The third-order valence-electron chi connectivity index (χ3n) is 4.12. The second-order valence-electron chi connectivity index (χ2n) is 5.47. The normalized spacial score (nSPS) is 21.2. The smallest absolute Gasteiger partial charge is 0.309 e. The summed E-state index contributed by atoms with van der Waals surface area (Å²) in [5, 5.41) is 0. The third kappa shape index (κ3) is 3.28. The highest BCUT2D eigenvalue weighted by molar-refractivity contribution is 7.53. The highest BCUT2D eigenvalue weighted by atomic mass is 31.2. The maximum absolute atomic E-state index is 12.6. The fourth-order valence-corrected chi connectivity index (χ4v) is 4.61. The van der Waals surface area contributed by atoms with Crippen molar-refractivity contribution >= 4 is 19.0 Å². The average Bonchev–Trinajstić information content (AvgIpc) is 2.70. The van der Waals surface area contributed by atoms with Gasteiger partial charge in [0.05, 0.1) is 25.1 Å². The maximum Gasteiger partial charge on any atom is 0.330 e. The number of para-hydroxylation sites is 1. The van der Waals surface area contributed by atoms with E-state index in [9.17, 15) is 4.57 Å². The first-order valence-electron chi connectivity index (χ1n) is 7.48. The van der Waals surface area contributed by atoms with Crippen LogP contribution >= 0.6 is 7.60 Å². The number of hydrogen-bond acceptors (Lipinski definition) is 4. The lowest BCUT2D eigenvalue weighted by Crippen LogP contribution is -2.29. The van der Waals surface area contributed by atoms with E-state index in [0.29, 0.717) is 25.8 Å². The lowest BCUT2D eigenvalue weighted by molar-refractivity contribution is 0.218. The van der Waals surface area contributed by atoms with Crippen LogP contribution < -0.4 is 0 Å². The van der Waals surface area contributed by atoms with Crippen LogP contribution in [0.4, 0.5) is 5.69 Å². The van der Waals surface area contributed by atoms with Gasteiger partial charge in [0.25, 0.3) is 0 Å². The van der Waals surface area contributed by atoms with Crippen LogP contribution in [0.15, 0.2) is 29.3 Å². The number of nitrogens with zero attached hydrogens (tertiary/aromatic N) is 1. The van der Waals surface area contributed by atoms with Crippen molar-refractivity contribution in [3.8, 4) is 0 Å². The molecule has 116 valence electrons. The van der Waals surface area contributed by atoms with E-state index in [-0.39, 0.29) is 5.41 Å². The van der Waals surface area contributed by atoms with Gasteiger partial charge in [-0.2, -0.15) is 0 Å². The molecule has 21 heavy (non-hydrogen) atoms. The average molecular weight is 309 g/mol. The summed E-state index contributed by atoms with van der Waals surface area (Å²) >= 11 is 0. The topological polar surface area (TPSA) is 47.9 Å². The highest BCUT2D eigenvalue weighted by Gasteiger charge is 2.39. The molecule has 0 bridgehead atoms. The van der Waals surface area contributed by atoms with Crippen molar-refractivity contribution in [2.75, 3.05) is 19.4 Å². The van der Waals surface area contributed by atoms with Gasteiger partial charge in [0.1, 0.15) is 0 Å². The van der Waals surface area contributed by atoms with Crippen LogP contribution in [0.25, 0.3) is 0 Å². The van der Waals surface area contributed by atoms with Crippen LogP contribution in [-0.2, 0) is 19.0 Å². The Balaban J connectivity index is 2.19. The van der Waals surface area contributed by atoms with Crippen LogP contribution in [0.3, 0.4) is 0 Å².